The highest BCUT2D eigenvalue weighted by Crippen LogP contribution is 2.26. The zero-order valence-electron chi connectivity index (χ0n) is 16.2. The number of aromatic nitrogens is 2. The van der Waals surface area contributed by atoms with Crippen LogP contribution in [0.2, 0.25) is 0 Å². The van der Waals surface area contributed by atoms with Crippen molar-refractivity contribution in [1.82, 2.24) is 14.5 Å². The molecule has 3 aromatic rings. The maximum absolute atomic E-state index is 13.0. The van der Waals surface area contributed by atoms with Gasteiger partial charge in [-0.2, -0.15) is 5.26 Å². The van der Waals surface area contributed by atoms with Crippen LogP contribution in [-0.2, 0) is 11.3 Å². The molecule has 0 saturated carbocycles. The first kappa shape index (κ1) is 19.9. The summed E-state index contributed by atoms with van der Waals surface area (Å²) in [5.74, 6) is -0.0873. The van der Waals surface area contributed by atoms with Gasteiger partial charge in [-0.05, 0) is 36.8 Å². The molecule has 28 heavy (non-hydrogen) atoms. The number of nitrogens with zero attached hydrogens (tertiary/aromatic N) is 4. The van der Waals surface area contributed by atoms with Crippen LogP contribution in [0.5, 0.6) is 0 Å². The van der Waals surface area contributed by atoms with Crippen molar-refractivity contribution in [3.8, 4) is 6.07 Å². The van der Waals surface area contributed by atoms with Crippen molar-refractivity contribution >= 4 is 39.3 Å². The molecule has 7 heteroatoms. The number of rotatable bonds is 6. The number of nitriles is 1. The molecule has 0 radical (unpaired) electrons. The van der Waals surface area contributed by atoms with Gasteiger partial charge in [0.1, 0.15) is 0 Å². The van der Waals surface area contributed by atoms with Crippen molar-refractivity contribution in [2.45, 2.75) is 37.2 Å². The minimum Gasteiger partial charge on any atom is -0.344 e. The Hall–Kier alpha value is -2.85. The Balaban J connectivity index is 2.00. The quantitative estimate of drug-likeness (QED) is 0.364. The number of hydrogen-bond donors (Lipinski definition) is 0. The number of fused-ring (bicyclic) bond motifs is 2. The summed E-state index contributed by atoms with van der Waals surface area (Å²) in [5, 5.41) is 11.4. The molecule has 144 valence electrons. The number of carbonyl (C=O) groups excluding carboxylic acids is 1. The van der Waals surface area contributed by atoms with Crippen molar-refractivity contribution in [2.24, 2.45) is 0 Å². The van der Waals surface area contributed by atoms with E-state index in [-0.39, 0.29) is 11.5 Å². The molecule has 0 unspecified atom stereocenters. The third-order valence-corrected chi connectivity index (χ3v) is 5.75. The topological polar surface area (TPSA) is 79.0 Å². The first-order valence-corrected chi connectivity index (χ1v) is 10.1. The zero-order valence-corrected chi connectivity index (χ0v) is 17.0. The summed E-state index contributed by atoms with van der Waals surface area (Å²) in [6, 6.07) is 13.7. The van der Waals surface area contributed by atoms with Crippen molar-refractivity contribution < 1.29 is 4.79 Å². The smallest absolute Gasteiger partial charge is 0.262 e. The van der Waals surface area contributed by atoms with E-state index in [9.17, 15) is 9.59 Å². The summed E-state index contributed by atoms with van der Waals surface area (Å²) < 4.78 is 1.61. The molecule has 0 spiro atoms. The Kier molecular flexibility index (Phi) is 6.00. The van der Waals surface area contributed by atoms with Gasteiger partial charge in [0.15, 0.2) is 5.16 Å². The van der Waals surface area contributed by atoms with Gasteiger partial charge in [0.05, 0.1) is 28.6 Å². The molecule has 0 aliphatic carbocycles. The summed E-state index contributed by atoms with van der Waals surface area (Å²) in [5.41, 5.74) is 0.534. The van der Waals surface area contributed by atoms with E-state index in [1.807, 2.05) is 49.4 Å². The van der Waals surface area contributed by atoms with Crippen LogP contribution in [0.3, 0.4) is 0 Å². The highest BCUT2D eigenvalue weighted by atomic mass is 32.2. The predicted octanol–water partition coefficient (Wildman–Crippen LogP) is 3.42. The largest absolute Gasteiger partial charge is 0.344 e. The molecule has 1 heterocycles. The van der Waals surface area contributed by atoms with E-state index in [2.05, 4.69) is 0 Å². The van der Waals surface area contributed by atoms with Crippen molar-refractivity contribution in [2.75, 3.05) is 13.6 Å². The highest BCUT2D eigenvalue weighted by molar-refractivity contribution is 8.00. The molecule has 1 atom stereocenters. The molecule has 6 nitrogen and oxygen atoms in total. The van der Waals surface area contributed by atoms with E-state index in [0.717, 1.165) is 10.8 Å². The second kappa shape index (κ2) is 8.44. The number of hydrogen-bond acceptors (Lipinski definition) is 5. The van der Waals surface area contributed by atoms with E-state index < -0.39 is 5.25 Å². The van der Waals surface area contributed by atoms with E-state index >= 15 is 0 Å². The van der Waals surface area contributed by atoms with Crippen molar-refractivity contribution in [3.63, 3.8) is 0 Å². The van der Waals surface area contributed by atoms with Crippen LogP contribution in [-0.4, -0.2) is 39.2 Å². The second-order valence-corrected chi connectivity index (χ2v) is 7.90. The van der Waals surface area contributed by atoms with Gasteiger partial charge >= 0.3 is 0 Å². The number of thioether (sulfide) groups is 1. The molecule has 0 saturated heterocycles. The zero-order chi connectivity index (χ0) is 20.3. The molecule has 0 N–H and O–H groups in total. The Bertz CT molecular complexity index is 1130. The standard InChI is InChI=1S/C21H22N4O2S/c1-4-25-20(27)17-12-15-8-5-6-9-16(15)13-18(17)23-21(25)28-14(2)19(26)24(3)11-7-10-22/h5-6,8-9,12-14H,4,7,11H2,1-3H3/t14-/m1/s1. The number of benzene rings is 2. The molecule has 1 amide bonds. The summed E-state index contributed by atoms with van der Waals surface area (Å²) in [6.45, 7) is 4.55. The van der Waals surface area contributed by atoms with E-state index in [1.54, 1.807) is 23.4 Å². The maximum Gasteiger partial charge on any atom is 0.262 e. The summed E-state index contributed by atoms with van der Waals surface area (Å²) in [6.07, 6.45) is 0.292. The number of carbonyl (C=O) groups is 1. The minimum atomic E-state index is -0.411. The van der Waals surface area contributed by atoms with Crippen LogP contribution in [0.1, 0.15) is 20.3 Å². The first-order valence-electron chi connectivity index (χ1n) is 9.18. The Morgan fingerprint density at radius 3 is 2.64 bits per heavy atom. The Labute approximate surface area is 167 Å². The fraction of sp³-hybridized carbons (Fsp3) is 0.333. The van der Waals surface area contributed by atoms with Crippen LogP contribution in [0.25, 0.3) is 21.7 Å². The molecule has 0 bridgehead atoms. The second-order valence-electron chi connectivity index (χ2n) is 6.59. The third kappa shape index (κ3) is 3.87. The van der Waals surface area contributed by atoms with E-state index in [0.29, 0.717) is 35.6 Å². The van der Waals surface area contributed by atoms with E-state index in [4.69, 9.17) is 10.2 Å². The van der Waals surface area contributed by atoms with Crippen molar-refractivity contribution in [1.29, 1.82) is 5.26 Å². The molecule has 1 aromatic heterocycles. The van der Waals surface area contributed by atoms with Gasteiger partial charge in [0.2, 0.25) is 5.91 Å². The lowest BCUT2D eigenvalue weighted by molar-refractivity contribution is -0.128. The van der Waals surface area contributed by atoms with Gasteiger partial charge < -0.3 is 4.90 Å². The van der Waals surface area contributed by atoms with Gasteiger partial charge in [0.25, 0.3) is 5.56 Å². The average molecular weight is 395 g/mol. The molecule has 3 rings (SSSR count). The predicted molar refractivity (Wildman–Crippen MR) is 112 cm³/mol. The minimum absolute atomic E-state index is 0.0873. The summed E-state index contributed by atoms with van der Waals surface area (Å²) in [4.78, 5) is 31.8. The third-order valence-electron chi connectivity index (χ3n) is 4.67. The van der Waals surface area contributed by atoms with Crippen LogP contribution in [0.15, 0.2) is 46.3 Å². The van der Waals surface area contributed by atoms with Crippen LogP contribution >= 0.6 is 11.8 Å². The fourth-order valence-electron chi connectivity index (χ4n) is 3.10. The molecular formula is C21H22N4O2S. The van der Waals surface area contributed by atoms with Gasteiger partial charge in [-0.15, -0.1) is 0 Å². The number of amides is 1. The summed E-state index contributed by atoms with van der Waals surface area (Å²) >= 11 is 1.28. The van der Waals surface area contributed by atoms with E-state index in [1.165, 1.54) is 11.8 Å². The molecular weight excluding hydrogens is 372 g/mol. The molecule has 2 aromatic carbocycles. The average Bonchev–Trinajstić information content (AvgIpc) is 2.70. The van der Waals surface area contributed by atoms with Crippen LogP contribution in [0, 0.1) is 11.3 Å². The monoisotopic (exact) mass is 394 g/mol. The Morgan fingerprint density at radius 2 is 2.00 bits per heavy atom. The summed E-state index contributed by atoms with van der Waals surface area (Å²) in [7, 11) is 1.68. The Morgan fingerprint density at radius 1 is 1.32 bits per heavy atom. The maximum atomic E-state index is 13.0. The van der Waals surface area contributed by atoms with Gasteiger partial charge in [-0.3, -0.25) is 14.2 Å². The van der Waals surface area contributed by atoms with Gasteiger partial charge in [0, 0.05) is 20.1 Å². The lowest BCUT2D eigenvalue weighted by atomic mass is 10.1. The van der Waals surface area contributed by atoms with Gasteiger partial charge in [-0.1, -0.05) is 36.0 Å². The van der Waals surface area contributed by atoms with Crippen LogP contribution < -0.4 is 5.56 Å². The lowest BCUT2D eigenvalue weighted by Gasteiger charge is -2.21. The lowest BCUT2D eigenvalue weighted by Crippen LogP contribution is -2.34. The van der Waals surface area contributed by atoms with Gasteiger partial charge in [-0.25, -0.2) is 4.98 Å². The molecule has 0 aliphatic heterocycles. The normalized spacial score (nSPS) is 12.1. The fourth-order valence-corrected chi connectivity index (χ4v) is 4.19. The SMILES string of the molecule is CCn1c(S[C@H](C)C(=O)N(C)CCC#N)nc2cc3ccccc3cc2c1=O. The first-order chi connectivity index (χ1) is 13.5. The highest BCUT2D eigenvalue weighted by Gasteiger charge is 2.21. The molecule has 0 fully saturated rings. The van der Waals surface area contributed by atoms with Crippen LogP contribution in [0.4, 0.5) is 0 Å². The van der Waals surface area contributed by atoms with Crippen molar-refractivity contribution in [3.05, 3.63) is 46.8 Å². The molecule has 0 aliphatic rings.